The molecule has 9 heteroatoms. The molecule has 4 aromatic heterocycles. The van der Waals surface area contributed by atoms with E-state index in [-0.39, 0.29) is 11.1 Å². The predicted molar refractivity (Wildman–Crippen MR) is 280 cm³/mol. The zero-order valence-corrected chi connectivity index (χ0v) is 37.6. The van der Waals surface area contributed by atoms with Crippen LogP contribution in [0.5, 0.6) is 0 Å². The summed E-state index contributed by atoms with van der Waals surface area (Å²) in [6.07, 6.45) is 0. The fraction of sp³-hybridized carbons (Fsp3) is 0. The minimum absolute atomic E-state index is 0.274. The number of nitrogens with zero attached hydrogens (tertiary/aromatic N) is 9. The van der Waals surface area contributed by atoms with Gasteiger partial charge in [0.1, 0.15) is 12.1 Å². The highest BCUT2D eigenvalue weighted by Gasteiger charge is 2.24. The van der Waals surface area contributed by atoms with Crippen LogP contribution < -0.4 is 0 Å². The Labute approximate surface area is 406 Å². The average Bonchev–Trinajstić information content (AvgIpc) is 4.07. The summed E-state index contributed by atoms with van der Waals surface area (Å²) in [6.45, 7) is 0. The standard InChI is InChI=1S/C62H33N9/c63-34-38-11-9-13-40(27-38)53-33-54(68-62(67-53)41-14-10-12-39(28-41)35-64)42-29-43(36-65)61(44(30-42)37-66)71-59-25-23-45(69-55-19-5-1-15-47(55)48-16-2-6-20-56(48)69)31-51(59)52-32-46(24-26-60(52)71)70-57-21-7-3-17-49(57)50-18-4-8-22-58(50)70/h1-33H. The summed E-state index contributed by atoms with van der Waals surface area (Å²) in [5.74, 6) is 0.346. The molecule has 0 amide bonds. The van der Waals surface area contributed by atoms with E-state index in [2.05, 4.69) is 171 Å². The first kappa shape index (κ1) is 40.7. The topological polar surface area (TPSA) is 136 Å². The molecule has 0 spiro atoms. The minimum Gasteiger partial charge on any atom is -0.309 e. The predicted octanol–water partition coefficient (Wildman–Crippen LogP) is 14.3. The Morgan fingerprint density at radius 3 is 1.17 bits per heavy atom. The molecule has 9 aromatic carbocycles. The van der Waals surface area contributed by atoms with Gasteiger partial charge in [-0.2, -0.15) is 21.0 Å². The van der Waals surface area contributed by atoms with E-state index in [1.165, 1.54) is 0 Å². The summed E-state index contributed by atoms with van der Waals surface area (Å²) in [5.41, 5.74) is 12.7. The summed E-state index contributed by atoms with van der Waals surface area (Å²) in [4.78, 5) is 9.91. The fourth-order valence-corrected chi connectivity index (χ4v) is 10.5. The van der Waals surface area contributed by atoms with Gasteiger partial charge in [0.05, 0.1) is 84.6 Å². The van der Waals surface area contributed by atoms with Crippen LogP contribution in [0.15, 0.2) is 200 Å². The molecule has 0 saturated heterocycles. The normalized spacial score (nSPS) is 11.3. The van der Waals surface area contributed by atoms with Crippen molar-refractivity contribution in [3.05, 3.63) is 222 Å². The zero-order chi connectivity index (χ0) is 47.7. The van der Waals surface area contributed by atoms with Crippen LogP contribution in [0.3, 0.4) is 0 Å². The quantitative estimate of drug-likeness (QED) is 0.163. The fourth-order valence-electron chi connectivity index (χ4n) is 10.5. The van der Waals surface area contributed by atoms with Crippen LogP contribution in [0, 0.1) is 45.3 Å². The zero-order valence-electron chi connectivity index (χ0n) is 37.6. The van der Waals surface area contributed by atoms with Crippen LogP contribution in [-0.2, 0) is 0 Å². The molecule has 0 bridgehead atoms. The van der Waals surface area contributed by atoms with Crippen molar-refractivity contribution >= 4 is 65.4 Å². The van der Waals surface area contributed by atoms with Gasteiger partial charge in [-0.1, -0.05) is 97.1 Å². The Bertz CT molecular complexity index is 4210. The third-order valence-electron chi connectivity index (χ3n) is 13.5. The van der Waals surface area contributed by atoms with Gasteiger partial charge < -0.3 is 13.7 Å². The molecule has 71 heavy (non-hydrogen) atoms. The summed E-state index contributed by atoms with van der Waals surface area (Å²) in [6, 6.07) is 75.6. The summed E-state index contributed by atoms with van der Waals surface area (Å²) in [7, 11) is 0. The van der Waals surface area contributed by atoms with Gasteiger partial charge in [0.15, 0.2) is 5.82 Å². The lowest BCUT2D eigenvalue weighted by molar-refractivity contribution is 1.14. The van der Waals surface area contributed by atoms with Crippen molar-refractivity contribution in [1.29, 1.82) is 21.0 Å². The second-order valence-electron chi connectivity index (χ2n) is 17.5. The third-order valence-corrected chi connectivity index (χ3v) is 13.5. The smallest absolute Gasteiger partial charge is 0.160 e. The van der Waals surface area contributed by atoms with E-state index in [1.54, 1.807) is 54.6 Å². The van der Waals surface area contributed by atoms with Gasteiger partial charge in [0.25, 0.3) is 0 Å². The van der Waals surface area contributed by atoms with Crippen LogP contribution >= 0.6 is 0 Å². The number of hydrogen-bond acceptors (Lipinski definition) is 6. The molecule has 4 heterocycles. The second-order valence-corrected chi connectivity index (χ2v) is 17.5. The number of aromatic nitrogens is 5. The van der Waals surface area contributed by atoms with E-state index < -0.39 is 0 Å². The van der Waals surface area contributed by atoms with E-state index in [9.17, 15) is 21.0 Å². The lowest BCUT2D eigenvalue weighted by Crippen LogP contribution is -2.03. The Kier molecular flexibility index (Phi) is 9.19. The van der Waals surface area contributed by atoms with Gasteiger partial charge in [0.2, 0.25) is 0 Å². The van der Waals surface area contributed by atoms with Crippen LogP contribution in [0.4, 0.5) is 0 Å². The minimum atomic E-state index is 0.274. The van der Waals surface area contributed by atoms with Crippen molar-refractivity contribution in [1.82, 2.24) is 23.7 Å². The summed E-state index contributed by atoms with van der Waals surface area (Å²) in [5, 5.41) is 48.5. The molecule has 0 N–H and O–H groups in total. The molecule has 9 nitrogen and oxygen atoms in total. The molecule has 0 aliphatic heterocycles. The maximum atomic E-state index is 11.2. The molecule has 0 aliphatic rings. The Morgan fingerprint density at radius 1 is 0.310 bits per heavy atom. The molecule has 326 valence electrons. The maximum absolute atomic E-state index is 11.2. The number of nitriles is 4. The van der Waals surface area contributed by atoms with E-state index in [4.69, 9.17) is 9.97 Å². The SMILES string of the molecule is N#Cc1cccc(-c2cc(-c3cc(C#N)c(-n4c5ccc(-n6c7ccccc7c7ccccc76)cc5c5cc(-n6c7ccccc7c7ccccc76)ccc54)c(C#N)c3)nc(-c3cccc(C#N)c3)n2)c1. The maximum Gasteiger partial charge on any atom is 0.160 e. The van der Waals surface area contributed by atoms with Gasteiger partial charge >= 0.3 is 0 Å². The highest BCUT2D eigenvalue weighted by Crippen LogP contribution is 2.41. The molecular weight excluding hydrogens is 871 g/mol. The van der Waals surface area contributed by atoms with Gasteiger partial charge in [-0.05, 0) is 103 Å². The van der Waals surface area contributed by atoms with Gasteiger partial charge in [-0.3, -0.25) is 0 Å². The molecule has 0 aliphatic carbocycles. The molecule has 0 fully saturated rings. The van der Waals surface area contributed by atoms with Crippen molar-refractivity contribution in [2.45, 2.75) is 0 Å². The van der Waals surface area contributed by atoms with Crippen molar-refractivity contribution in [3.8, 4) is 75.2 Å². The van der Waals surface area contributed by atoms with E-state index in [0.29, 0.717) is 50.7 Å². The number of fused-ring (bicyclic) bond motifs is 9. The van der Waals surface area contributed by atoms with Crippen molar-refractivity contribution in [2.24, 2.45) is 0 Å². The highest BCUT2D eigenvalue weighted by molar-refractivity contribution is 6.14. The molecule has 13 aromatic rings. The van der Waals surface area contributed by atoms with Gasteiger partial charge in [-0.15, -0.1) is 0 Å². The largest absolute Gasteiger partial charge is 0.309 e. The van der Waals surface area contributed by atoms with Crippen molar-refractivity contribution in [2.75, 3.05) is 0 Å². The summed E-state index contributed by atoms with van der Waals surface area (Å²) < 4.78 is 6.66. The lowest BCUT2D eigenvalue weighted by atomic mass is 9.99. The van der Waals surface area contributed by atoms with E-state index in [0.717, 1.165) is 76.8 Å². The Hall–Kier alpha value is -10.6. The molecule has 0 saturated carbocycles. The van der Waals surface area contributed by atoms with Crippen molar-refractivity contribution in [3.63, 3.8) is 0 Å². The number of para-hydroxylation sites is 4. The van der Waals surface area contributed by atoms with E-state index in [1.807, 2.05) is 12.1 Å². The molecular formula is C62H33N9. The first-order valence-electron chi connectivity index (χ1n) is 23.0. The molecule has 13 rings (SSSR count). The monoisotopic (exact) mass is 903 g/mol. The molecule has 0 atom stereocenters. The van der Waals surface area contributed by atoms with Crippen molar-refractivity contribution < 1.29 is 0 Å². The first-order valence-corrected chi connectivity index (χ1v) is 23.0. The van der Waals surface area contributed by atoms with Crippen LogP contribution in [-0.4, -0.2) is 23.7 Å². The van der Waals surface area contributed by atoms with E-state index >= 15 is 0 Å². The van der Waals surface area contributed by atoms with Crippen LogP contribution in [0.1, 0.15) is 22.3 Å². The highest BCUT2D eigenvalue weighted by atomic mass is 15.0. The Balaban J connectivity index is 1.07. The number of rotatable bonds is 6. The van der Waals surface area contributed by atoms with Gasteiger partial charge in [-0.25, -0.2) is 9.97 Å². The molecule has 0 unspecified atom stereocenters. The third kappa shape index (κ3) is 6.37. The average molecular weight is 904 g/mol. The number of benzene rings is 9. The number of hydrogen-bond donors (Lipinski definition) is 0. The second kappa shape index (κ2) is 16.0. The first-order chi connectivity index (χ1) is 35.0. The van der Waals surface area contributed by atoms with Gasteiger partial charge in [0, 0.05) is 60.4 Å². The summed E-state index contributed by atoms with van der Waals surface area (Å²) >= 11 is 0. The Morgan fingerprint density at radius 2 is 0.718 bits per heavy atom. The molecule has 0 radical (unpaired) electrons. The van der Waals surface area contributed by atoms with Crippen LogP contribution in [0.2, 0.25) is 0 Å². The lowest BCUT2D eigenvalue weighted by Gasteiger charge is -2.15. The van der Waals surface area contributed by atoms with Crippen LogP contribution in [0.25, 0.3) is 116 Å².